The molecule has 0 unspecified atom stereocenters. The standard InChI is InChI=1S/C18H20ClN7O3/c1-12-17(23-24-26(12)15-6-4-3-5-14(15)19)18(28)22-13-9-21-25(10-13)11-16(27)20-7-8-29-2/h3-6,9-10H,7-8,11H2,1-2H3,(H,20,27)(H,22,28). The Labute approximate surface area is 171 Å². The molecular formula is C18H20ClN7O3. The zero-order chi connectivity index (χ0) is 20.8. The van der Waals surface area contributed by atoms with Crippen molar-refractivity contribution in [1.29, 1.82) is 0 Å². The van der Waals surface area contributed by atoms with E-state index in [-0.39, 0.29) is 18.1 Å². The summed E-state index contributed by atoms with van der Waals surface area (Å²) in [7, 11) is 1.56. The van der Waals surface area contributed by atoms with Gasteiger partial charge in [-0.25, -0.2) is 4.68 Å². The van der Waals surface area contributed by atoms with Crippen LogP contribution in [0.1, 0.15) is 16.2 Å². The molecule has 0 saturated carbocycles. The van der Waals surface area contributed by atoms with Gasteiger partial charge in [-0.15, -0.1) is 5.10 Å². The lowest BCUT2D eigenvalue weighted by Crippen LogP contribution is -2.30. The summed E-state index contributed by atoms with van der Waals surface area (Å²) in [6.45, 7) is 2.61. The van der Waals surface area contributed by atoms with Gasteiger partial charge in [0.05, 0.1) is 34.9 Å². The fraction of sp³-hybridized carbons (Fsp3) is 0.278. The maximum atomic E-state index is 12.6. The zero-order valence-corrected chi connectivity index (χ0v) is 16.7. The van der Waals surface area contributed by atoms with Crippen molar-refractivity contribution in [3.05, 3.63) is 53.1 Å². The van der Waals surface area contributed by atoms with Crippen LogP contribution in [0.5, 0.6) is 0 Å². The van der Waals surface area contributed by atoms with E-state index >= 15 is 0 Å². The molecule has 2 amide bonds. The number of rotatable bonds is 8. The molecule has 3 aromatic rings. The SMILES string of the molecule is COCCNC(=O)Cn1cc(NC(=O)c2nnn(-c3ccccc3Cl)c2C)cn1. The molecule has 0 saturated heterocycles. The Bertz CT molecular complexity index is 1010. The molecule has 2 N–H and O–H groups in total. The fourth-order valence-electron chi connectivity index (χ4n) is 2.59. The van der Waals surface area contributed by atoms with E-state index in [1.165, 1.54) is 15.6 Å². The summed E-state index contributed by atoms with van der Waals surface area (Å²) in [5, 5.41) is 18.0. The summed E-state index contributed by atoms with van der Waals surface area (Å²) in [6.07, 6.45) is 3.01. The zero-order valence-electron chi connectivity index (χ0n) is 15.9. The number of carbonyl (C=O) groups excluding carboxylic acids is 2. The van der Waals surface area contributed by atoms with E-state index < -0.39 is 5.91 Å². The summed E-state index contributed by atoms with van der Waals surface area (Å²) < 4.78 is 7.80. The van der Waals surface area contributed by atoms with Crippen LogP contribution in [0.15, 0.2) is 36.7 Å². The third kappa shape index (κ3) is 4.98. The molecule has 2 aromatic heterocycles. The predicted molar refractivity (Wildman–Crippen MR) is 106 cm³/mol. The first-order valence-corrected chi connectivity index (χ1v) is 9.14. The Morgan fingerprint density at radius 2 is 2.07 bits per heavy atom. The highest BCUT2D eigenvalue weighted by Gasteiger charge is 2.19. The van der Waals surface area contributed by atoms with Crippen LogP contribution in [0.4, 0.5) is 5.69 Å². The first-order valence-electron chi connectivity index (χ1n) is 8.76. The summed E-state index contributed by atoms with van der Waals surface area (Å²) in [5.74, 6) is -0.647. The number of ether oxygens (including phenoxy) is 1. The summed E-state index contributed by atoms with van der Waals surface area (Å²) in [6, 6.07) is 7.15. The van der Waals surface area contributed by atoms with E-state index in [4.69, 9.17) is 16.3 Å². The number of para-hydroxylation sites is 1. The predicted octanol–water partition coefficient (Wildman–Crippen LogP) is 1.44. The van der Waals surface area contributed by atoms with Gasteiger partial charge in [-0.1, -0.05) is 28.9 Å². The number of anilines is 1. The van der Waals surface area contributed by atoms with Crippen molar-refractivity contribution in [2.75, 3.05) is 25.6 Å². The minimum Gasteiger partial charge on any atom is -0.383 e. The highest BCUT2D eigenvalue weighted by molar-refractivity contribution is 6.32. The largest absolute Gasteiger partial charge is 0.383 e. The Morgan fingerprint density at radius 1 is 1.28 bits per heavy atom. The molecule has 2 heterocycles. The molecule has 0 atom stereocenters. The number of carbonyl (C=O) groups is 2. The first-order chi connectivity index (χ1) is 14.0. The van der Waals surface area contributed by atoms with Crippen LogP contribution in [-0.4, -0.2) is 56.9 Å². The molecule has 0 aliphatic rings. The molecule has 0 aliphatic carbocycles. The Morgan fingerprint density at radius 3 is 2.83 bits per heavy atom. The number of hydrogen-bond acceptors (Lipinski definition) is 6. The van der Waals surface area contributed by atoms with Crippen LogP contribution in [0.2, 0.25) is 5.02 Å². The molecule has 0 radical (unpaired) electrons. The summed E-state index contributed by atoms with van der Waals surface area (Å²) in [5.41, 5.74) is 1.77. The van der Waals surface area contributed by atoms with Gasteiger partial charge in [0.15, 0.2) is 5.69 Å². The number of benzene rings is 1. The average Bonchev–Trinajstić information content (AvgIpc) is 3.28. The van der Waals surface area contributed by atoms with Gasteiger partial charge in [0.25, 0.3) is 5.91 Å². The number of aromatic nitrogens is 5. The molecule has 0 fully saturated rings. The van der Waals surface area contributed by atoms with Crippen molar-refractivity contribution in [2.24, 2.45) is 0 Å². The van der Waals surface area contributed by atoms with Crippen LogP contribution in [0.25, 0.3) is 5.69 Å². The minimum atomic E-state index is -0.440. The van der Waals surface area contributed by atoms with Gasteiger partial charge in [0.1, 0.15) is 6.54 Å². The van der Waals surface area contributed by atoms with Gasteiger partial charge in [0, 0.05) is 19.9 Å². The topological polar surface area (TPSA) is 116 Å². The number of halogens is 1. The number of hydrogen-bond donors (Lipinski definition) is 2. The second-order valence-electron chi connectivity index (χ2n) is 6.11. The maximum absolute atomic E-state index is 12.6. The van der Waals surface area contributed by atoms with Gasteiger partial charge in [0.2, 0.25) is 5.91 Å². The third-order valence-corrected chi connectivity index (χ3v) is 4.33. The highest BCUT2D eigenvalue weighted by atomic mass is 35.5. The summed E-state index contributed by atoms with van der Waals surface area (Å²) >= 11 is 6.19. The van der Waals surface area contributed by atoms with Crippen molar-refractivity contribution in [3.8, 4) is 5.69 Å². The van der Waals surface area contributed by atoms with Gasteiger partial charge in [-0.3, -0.25) is 14.3 Å². The molecular weight excluding hydrogens is 398 g/mol. The van der Waals surface area contributed by atoms with Crippen LogP contribution < -0.4 is 10.6 Å². The second-order valence-corrected chi connectivity index (χ2v) is 6.52. The molecule has 29 heavy (non-hydrogen) atoms. The van der Waals surface area contributed by atoms with Crippen LogP contribution in [-0.2, 0) is 16.1 Å². The van der Waals surface area contributed by atoms with Crippen molar-refractivity contribution < 1.29 is 14.3 Å². The van der Waals surface area contributed by atoms with E-state index in [0.717, 1.165) is 0 Å². The van der Waals surface area contributed by atoms with Gasteiger partial charge >= 0.3 is 0 Å². The smallest absolute Gasteiger partial charge is 0.278 e. The van der Waals surface area contributed by atoms with E-state index in [1.54, 1.807) is 38.4 Å². The molecule has 1 aromatic carbocycles. The Balaban J connectivity index is 1.65. The fourth-order valence-corrected chi connectivity index (χ4v) is 2.81. The number of amides is 2. The number of nitrogens with one attached hydrogen (secondary N) is 2. The molecule has 10 nitrogen and oxygen atoms in total. The monoisotopic (exact) mass is 417 g/mol. The maximum Gasteiger partial charge on any atom is 0.278 e. The van der Waals surface area contributed by atoms with Crippen molar-refractivity contribution in [1.82, 2.24) is 30.1 Å². The Kier molecular flexibility index (Phi) is 6.57. The van der Waals surface area contributed by atoms with Gasteiger partial charge in [-0.2, -0.15) is 5.10 Å². The molecule has 11 heteroatoms. The van der Waals surface area contributed by atoms with Crippen LogP contribution in [0.3, 0.4) is 0 Å². The second kappa shape index (κ2) is 9.30. The van der Waals surface area contributed by atoms with E-state index in [0.29, 0.717) is 35.2 Å². The van der Waals surface area contributed by atoms with Gasteiger partial charge in [-0.05, 0) is 19.1 Å². The molecule has 3 rings (SSSR count). The Hall–Kier alpha value is -3.24. The molecule has 152 valence electrons. The first kappa shape index (κ1) is 20.5. The lowest BCUT2D eigenvalue weighted by molar-refractivity contribution is -0.122. The number of methoxy groups -OCH3 is 1. The quantitative estimate of drug-likeness (QED) is 0.536. The third-order valence-electron chi connectivity index (χ3n) is 4.02. The van der Waals surface area contributed by atoms with Crippen molar-refractivity contribution in [2.45, 2.75) is 13.5 Å². The minimum absolute atomic E-state index is 0.0291. The normalized spacial score (nSPS) is 10.7. The van der Waals surface area contributed by atoms with Crippen molar-refractivity contribution in [3.63, 3.8) is 0 Å². The van der Waals surface area contributed by atoms with Crippen LogP contribution in [0, 0.1) is 6.92 Å². The van der Waals surface area contributed by atoms with E-state index in [2.05, 4.69) is 26.0 Å². The lowest BCUT2D eigenvalue weighted by Gasteiger charge is -2.05. The van der Waals surface area contributed by atoms with Crippen molar-refractivity contribution >= 4 is 29.1 Å². The molecule has 0 bridgehead atoms. The van der Waals surface area contributed by atoms with E-state index in [1.807, 2.05) is 6.07 Å². The van der Waals surface area contributed by atoms with Gasteiger partial charge < -0.3 is 15.4 Å². The molecule has 0 aliphatic heterocycles. The van der Waals surface area contributed by atoms with Crippen LogP contribution >= 0.6 is 11.6 Å². The van der Waals surface area contributed by atoms with E-state index in [9.17, 15) is 9.59 Å². The average molecular weight is 418 g/mol. The molecule has 0 spiro atoms. The summed E-state index contributed by atoms with van der Waals surface area (Å²) in [4.78, 5) is 24.4. The number of nitrogens with zero attached hydrogens (tertiary/aromatic N) is 5. The lowest BCUT2D eigenvalue weighted by atomic mass is 10.3. The highest BCUT2D eigenvalue weighted by Crippen LogP contribution is 2.21.